The van der Waals surface area contributed by atoms with E-state index in [9.17, 15) is 9.90 Å². The number of hydrogen-bond donors (Lipinski definition) is 2. The zero-order valence-corrected chi connectivity index (χ0v) is 14.2. The van der Waals surface area contributed by atoms with Gasteiger partial charge in [0.25, 0.3) is 5.56 Å². The minimum Gasteiger partial charge on any atom is -0.503 e. The molecule has 0 saturated heterocycles. The highest BCUT2D eigenvalue weighted by Crippen LogP contribution is 2.35. The Morgan fingerprint density at radius 3 is 3.00 bits per heavy atom. The van der Waals surface area contributed by atoms with Crippen LogP contribution in [0.5, 0.6) is 11.5 Å². The largest absolute Gasteiger partial charge is 0.503 e. The Morgan fingerprint density at radius 2 is 2.32 bits per heavy atom. The van der Waals surface area contributed by atoms with Crippen molar-refractivity contribution in [2.24, 2.45) is 5.10 Å². The van der Waals surface area contributed by atoms with Gasteiger partial charge in [-0.15, -0.1) is 0 Å². The zero-order valence-electron chi connectivity index (χ0n) is 11.8. The summed E-state index contributed by atoms with van der Waals surface area (Å²) in [5.74, 6) is 0.329. The number of hydrogen-bond acceptors (Lipinski definition) is 6. The Labute approximate surface area is 139 Å². The normalized spacial score (nSPS) is 11.0. The number of aromatic nitrogens is 3. The molecular weight excluding hydrogens is 372 g/mol. The second kappa shape index (κ2) is 6.84. The molecular formula is C13H13BrN4O3S. The van der Waals surface area contributed by atoms with E-state index in [1.165, 1.54) is 6.21 Å². The van der Waals surface area contributed by atoms with Crippen LogP contribution in [0.2, 0.25) is 0 Å². The molecule has 0 fully saturated rings. The Bertz CT molecular complexity index is 844. The molecule has 0 unspecified atom stereocenters. The average molecular weight is 385 g/mol. The third-order valence-corrected chi connectivity index (χ3v) is 3.56. The third kappa shape index (κ3) is 3.42. The molecule has 2 rings (SSSR count). The van der Waals surface area contributed by atoms with Gasteiger partial charge in [-0.05, 0) is 59.7 Å². The molecule has 116 valence electrons. The number of nitrogens with zero attached hydrogens (tertiary/aromatic N) is 3. The van der Waals surface area contributed by atoms with Crippen molar-refractivity contribution in [1.82, 2.24) is 14.9 Å². The van der Waals surface area contributed by atoms with Crippen LogP contribution in [0.3, 0.4) is 0 Å². The van der Waals surface area contributed by atoms with Crippen LogP contribution in [0, 0.1) is 11.7 Å². The first-order chi connectivity index (χ1) is 10.4. The summed E-state index contributed by atoms with van der Waals surface area (Å²) in [6, 6.07) is 3.26. The summed E-state index contributed by atoms with van der Waals surface area (Å²) in [4.78, 5) is 11.9. The van der Waals surface area contributed by atoms with Crippen molar-refractivity contribution in [2.45, 2.75) is 13.8 Å². The van der Waals surface area contributed by atoms with Gasteiger partial charge >= 0.3 is 0 Å². The fourth-order valence-electron chi connectivity index (χ4n) is 1.64. The highest BCUT2D eigenvalue weighted by atomic mass is 79.9. The smallest absolute Gasteiger partial charge is 0.296 e. The lowest BCUT2D eigenvalue weighted by atomic mass is 10.2. The molecule has 0 amide bonds. The fourth-order valence-corrected chi connectivity index (χ4v) is 2.27. The standard InChI is InChI=1S/C13H13BrN4O3S/c1-3-21-10-5-8(4-9(14)11(10)19)6-15-18-12(20)7(2)16-17-13(18)22/h4-6,19H,3H2,1-2H3,(H,17,22)/b15-6+. The molecule has 0 atom stereocenters. The maximum absolute atomic E-state index is 11.9. The van der Waals surface area contributed by atoms with Gasteiger partial charge < -0.3 is 9.84 Å². The van der Waals surface area contributed by atoms with E-state index in [2.05, 4.69) is 31.2 Å². The first-order valence-corrected chi connectivity index (χ1v) is 7.52. The van der Waals surface area contributed by atoms with Gasteiger partial charge in [0.2, 0.25) is 4.77 Å². The summed E-state index contributed by atoms with van der Waals surface area (Å²) in [6.07, 6.45) is 1.44. The molecule has 1 aromatic carbocycles. The van der Waals surface area contributed by atoms with Gasteiger partial charge in [0.05, 0.1) is 17.3 Å². The monoisotopic (exact) mass is 384 g/mol. The number of nitrogens with one attached hydrogen (secondary N) is 1. The Morgan fingerprint density at radius 1 is 1.59 bits per heavy atom. The molecule has 0 bridgehead atoms. The van der Waals surface area contributed by atoms with E-state index >= 15 is 0 Å². The first-order valence-electron chi connectivity index (χ1n) is 6.32. The fraction of sp³-hybridized carbons (Fsp3) is 0.231. The number of H-pyrrole nitrogens is 1. The zero-order chi connectivity index (χ0) is 16.3. The van der Waals surface area contributed by atoms with E-state index in [0.717, 1.165) is 4.68 Å². The van der Waals surface area contributed by atoms with Crippen molar-refractivity contribution >= 4 is 34.4 Å². The molecule has 0 aliphatic rings. The Kier molecular flexibility index (Phi) is 5.09. The number of aromatic amines is 1. The lowest BCUT2D eigenvalue weighted by Gasteiger charge is -2.08. The van der Waals surface area contributed by atoms with E-state index in [1.807, 2.05) is 6.92 Å². The average Bonchev–Trinajstić information content (AvgIpc) is 2.48. The Hall–Kier alpha value is -2.00. The summed E-state index contributed by atoms with van der Waals surface area (Å²) >= 11 is 8.22. The maximum Gasteiger partial charge on any atom is 0.296 e. The van der Waals surface area contributed by atoms with Crippen molar-refractivity contribution in [2.75, 3.05) is 6.61 Å². The molecule has 7 nitrogen and oxygen atoms in total. The van der Waals surface area contributed by atoms with Crippen molar-refractivity contribution in [3.8, 4) is 11.5 Å². The van der Waals surface area contributed by atoms with Gasteiger partial charge in [0, 0.05) is 0 Å². The van der Waals surface area contributed by atoms with E-state index < -0.39 is 5.56 Å². The van der Waals surface area contributed by atoms with Gasteiger partial charge in [0.15, 0.2) is 11.5 Å². The lowest BCUT2D eigenvalue weighted by molar-refractivity contribution is 0.317. The number of phenols is 1. The van der Waals surface area contributed by atoms with Gasteiger partial charge in [-0.3, -0.25) is 9.89 Å². The number of benzene rings is 1. The number of aryl methyl sites for hydroxylation is 1. The quantitative estimate of drug-likeness (QED) is 0.623. The molecule has 2 N–H and O–H groups in total. The van der Waals surface area contributed by atoms with Crippen LogP contribution in [0.25, 0.3) is 0 Å². The second-order valence-electron chi connectivity index (χ2n) is 4.26. The lowest BCUT2D eigenvalue weighted by Crippen LogP contribution is -2.22. The number of halogens is 1. The summed E-state index contributed by atoms with van der Waals surface area (Å²) < 4.78 is 6.92. The van der Waals surface area contributed by atoms with Crippen molar-refractivity contribution in [3.05, 3.63) is 43.0 Å². The van der Waals surface area contributed by atoms with Gasteiger partial charge in [0.1, 0.15) is 5.69 Å². The van der Waals surface area contributed by atoms with Gasteiger partial charge in [-0.2, -0.15) is 14.9 Å². The summed E-state index contributed by atoms with van der Waals surface area (Å²) in [7, 11) is 0. The van der Waals surface area contributed by atoms with Crippen LogP contribution in [-0.2, 0) is 0 Å². The van der Waals surface area contributed by atoms with Crippen LogP contribution in [-0.4, -0.2) is 32.8 Å². The van der Waals surface area contributed by atoms with Crippen molar-refractivity contribution < 1.29 is 9.84 Å². The predicted molar refractivity (Wildman–Crippen MR) is 88.4 cm³/mol. The molecule has 0 aliphatic carbocycles. The summed E-state index contributed by atoms with van der Waals surface area (Å²) in [5, 5.41) is 20.2. The molecule has 0 saturated carbocycles. The number of phenolic OH excluding ortho intramolecular Hbond substituents is 1. The Balaban J connectivity index is 2.45. The maximum atomic E-state index is 11.9. The van der Waals surface area contributed by atoms with E-state index in [-0.39, 0.29) is 16.2 Å². The van der Waals surface area contributed by atoms with E-state index in [0.29, 0.717) is 22.4 Å². The molecule has 9 heteroatoms. The molecule has 1 heterocycles. The first kappa shape index (κ1) is 16.4. The summed E-state index contributed by atoms with van der Waals surface area (Å²) in [5.41, 5.74) is 0.486. The minimum atomic E-state index is -0.400. The SMILES string of the molecule is CCOc1cc(/C=N/n2c(=S)[nH]nc(C)c2=O)cc(Br)c1O. The highest BCUT2D eigenvalue weighted by Gasteiger charge is 2.08. The van der Waals surface area contributed by atoms with Crippen LogP contribution < -0.4 is 10.3 Å². The molecule has 1 aromatic heterocycles. The van der Waals surface area contributed by atoms with Crippen LogP contribution in [0.4, 0.5) is 0 Å². The second-order valence-corrected chi connectivity index (χ2v) is 5.50. The topological polar surface area (TPSA) is 92.5 Å². The third-order valence-electron chi connectivity index (χ3n) is 2.69. The number of rotatable bonds is 4. The molecule has 0 aliphatic heterocycles. The van der Waals surface area contributed by atoms with E-state index in [4.69, 9.17) is 17.0 Å². The van der Waals surface area contributed by atoms with E-state index in [1.54, 1.807) is 19.1 Å². The molecule has 0 radical (unpaired) electrons. The summed E-state index contributed by atoms with van der Waals surface area (Å²) in [6.45, 7) is 3.78. The molecule has 2 aromatic rings. The molecule has 0 spiro atoms. The number of aromatic hydroxyl groups is 1. The van der Waals surface area contributed by atoms with Crippen molar-refractivity contribution in [3.63, 3.8) is 0 Å². The number of ether oxygens (including phenoxy) is 1. The van der Waals surface area contributed by atoms with Gasteiger partial charge in [-0.25, -0.2) is 0 Å². The van der Waals surface area contributed by atoms with Crippen molar-refractivity contribution in [1.29, 1.82) is 0 Å². The molecule has 22 heavy (non-hydrogen) atoms. The van der Waals surface area contributed by atoms with Crippen LogP contribution in [0.1, 0.15) is 18.2 Å². The predicted octanol–water partition coefficient (Wildman–Crippen LogP) is 2.36. The highest BCUT2D eigenvalue weighted by molar-refractivity contribution is 9.10. The van der Waals surface area contributed by atoms with Gasteiger partial charge in [-0.1, -0.05) is 0 Å². The minimum absolute atomic E-state index is 0.00761. The van der Waals surface area contributed by atoms with Crippen LogP contribution >= 0.6 is 28.1 Å². The van der Waals surface area contributed by atoms with Crippen LogP contribution in [0.15, 0.2) is 26.5 Å².